The van der Waals surface area contributed by atoms with Crippen LogP contribution in [0, 0.1) is 0 Å². The molecule has 0 saturated heterocycles. The molecule has 2 aromatic heterocycles. The molecule has 0 spiro atoms. The Kier molecular flexibility index (Phi) is 8.81. The van der Waals surface area contributed by atoms with Crippen LogP contribution in [0.15, 0.2) is 109 Å². The van der Waals surface area contributed by atoms with Gasteiger partial charge in [-0.2, -0.15) is 0 Å². The van der Waals surface area contributed by atoms with Gasteiger partial charge in [-0.05, 0) is 80.8 Å². The van der Waals surface area contributed by atoms with Crippen LogP contribution in [0.1, 0.15) is 112 Å². The minimum absolute atomic E-state index is 0.275. The fourth-order valence-corrected chi connectivity index (χ4v) is 8.11. The van der Waals surface area contributed by atoms with Gasteiger partial charge < -0.3 is 5.11 Å². The highest BCUT2D eigenvalue weighted by Gasteiger charge is 2.29. The van der Waals surface area contributed by atoms with Crippen molar-refractivity contribution in [3.05, 3.63) is 143 Å². The van der Waals surface area contributed by atoms with E-state index in [1.54, 1.807) is 6.07 Å². The first kappa shape index (κ1) is 34.6. The summed E-state index contributed by atoms with van der Waals surface area (Å²) in [5, 5.41) is 11.2. The van der Waals surface area contributed by atoms with E-state index in [4.69, 9.17) is 9.97 Å². The highest BCUT2D eigenvalue weighted by molar-refractivity contribution is 6.00. The number of hydrogen-bond acceptors (Lipinski definition) is 3. The van der Waals surface area contributed by atoms with Crippen molar-refractivity contribution in [3.8, 4) is 56.5 Å². The van der Waals surface area contributed by atoms with Gasteiger partial charge in [0.15, 0.2) is 0 Å². The van der Waals surface area contributed by atoms with E-state index < -0.39 is 0 Å². The molecule has 7 aromatic rings. The second-order valence-corrected chi connectivity index (χ2v) is 16.0. The number of phenols is 1. The summed E-state index contributed by atoms with van der Waals surface area (Å²) in [7, 11) is 0. The Morgan fingerprint density at radius 3 is 1.83 bits per heavy atom. The monoisotopic (exact) mass is 695 g/mol. The van der Waals surface area contributed by atoms with Gasteiger partial charge in [0.25, 0.3) is 0 Å². The molecule has 4 nitrogen and oxygen atoms in total. The smallest absolute Gasteiger partial charge is 0.145 e. The lowest BCUT2D eigenvalue weighted by Gasteiger charge is -2.22. The zero-order chi connectivity index (χ0) is 37.1. The molecule has 266 valence electrons. The topological polar surface area (TPSA) is 50.9 Å². The molecular weight excluding hydrogens is 647 g/mol. The molecule has 1 aliphatic carbocycles. The van der Waals surface area contributed by atoms with Crippen LogP contribution in [0.25, 0.3) is 61.8 Å². The highest BCUT2D eigenvalue weighted by atomic mass is 16.3. The van der Waals surface area contributed by atoms with Gasteiger partial charge in [-0.1, -0.05) is 146 Å². The van der Waals surface area contributed by atoms with E-state index >= 15 is 0 Å². The Morgan fingerprint density at radius 1 is 0.547 bits per heavy atom. The third-order valence-electron chi connectivity index (χ3n) is 11.0. The quantitative estimate of drug-likeness (QED) is 0.172. The second-order valence-electron chi connectivity index (χ2n) is 16.0. The van der Waals surface area contributed by atoms with Gasteiger partial charge in [-0.25, -0.2) is 9.97 Å². The first-order chi connectivity index (χ1) is 25.5. The predicted molar refractivity (Wildman–Crippen MR) is 221 cm³/mol. The molecule has 0 amide bonds. The van der Waals surface area contributed by atoms with E-state index in [9.17, 15) is 5.11 Å². The summed E-state index contributed by atoms with van der Waals surface area (Å²) >= 11 is 0. The van der Waals surface area contributed by atoms with E-state index in [2.05, 4.69) is 157 Å². The third-order valence-corrected chi connectivity index (χ3v) is 11.0. The molecule has 5 aromatic carbocycles. The first-order valence-electron chi connectivity index (χ1n) is 19.2. The second kappa shape index (κ2) is 13.5. The average Bonchev–Trinajstić information content (AvgIpc) is 3.73. The van der Waals surface area contributed by atoms with Crippen molar-refractivity contribution >= 4 is 11.0 Å². The Hall–Kier alpha value is -5.48. The van der Waals surface area contributed by atoms with Crippen LogP contribution >= 0.6 is 0 Å². The minimum atomic E-state index is 0.275. The van der Waals surface area contributed by atoms with E-state index in [1.807, 2.05) is 6.07 Å². The molecule has 0 radical (unpaired) electrons. The summed E-state index contributed by atoms with van der Waals surface area (Å²) in [6, 6.07) is 39.1. The van der Waals surface area contributed by atoms with Crippen LogP contribution in [0.2, 0.25) is 0 Å². The van der Waals surface area contributed by atoms with Gasteiger partial charge in [0.05, 0.1) is 28.1 Å². The summed E-state index contributed by atoms with van der Waals surface area (Å²) in [6.07, 6.45) is 0.737. The molecule has 0 atom stereocenters. The van der Waals surface area contributed by atoms with E-state index in [0.717, 1.165) is 73.6 Å². The molecular formula is C49H49N3O. The molecule has 0 unspecified atom stereocenters. The fraction of sp³-hybridized carbons (Fsp3) is 0.265. The number of aromatic hydroxyl groups is 1. The van der Waals surface area contributed by atoms with Crippen LogP contribution < -0.4 is 0 Å². The average molecular weight is 696 g/mol. The molecule has 1 aliphatic rings. The van der Waals surface area contributed by atoms with E-state index in [1.165, 1.54) is 27.9 Å². The predicted octanol–water partition coefficient (Wildman–Crippen LogP) is 13.2. The van der Waals surface area contributed by atoms with Crippen LogP contribution in [0.5, 0.6) is 5.75 Å². The van der Waals surface area contributed by atoms with Crippen molar-refractivity contribution in [1.29, 1.82) is 0 Å². The molecule has 0 bridgehead atoms. The largest absolute Gasteiger partial charge is 0.507 e. The molecule has 4 heteroatoms. The van der Waals surface area contributed by atoms with Crippen molar-refractivity contribution in [2.24, 2.45) is 0 Å². The number of aromatic nitrogens is 3. The highest BCUT2D eigenvalue weighted by Crippen LogP contribution is 2.47. The van der Waals surface area contributed by atoms with E-state index in [-0.39, 0.29) is 5.75 Å². The van der Waals surface area contributed by atoms with Gasteiger partial charge >= 0.3 is 0 Å². The standard InChI is InChI=1S/C49H49N3O/c1-28(2)34-24-35(29(3)4)26-36(25-34)41-27-37-23-33-17-12-22-43(53)44(33)45(37)50-46(41)40-20-14-21-42-47(40)51-49(32-15-10-9-11-16-32)52(42)48-38(30(5)6)18-13-19-39(48)31(7)8/h9-22,24-31,53H,23H2,1-8H3. The first-order valence-corrected chi connectivity index (χ1v) is 19.2. The zero-order valence-corrected chi connectivity index (χ0v) is 32.2. The molecule has 0 aliphatic heterocycles. The van der Waals surface area contributed by atoms with Crippen molar-refractivity contribution in [2.45, 2.75) is 85.5 Å². The Balaban J connectivity index is 1.49. The normalized spacial score (nSPS) is 12.5. The zero-order valence-electron chi connectivity index (χ0n) is 32.2. The number of fused-ring (bicyclic) bond motifs is 4. The molecule has 2 heterocycles. The maximum Gasteiger partial charge on any atom is 0.145 e. The number of nitrogens with zero attached hydrogens (tertiary/aromatic N) is 3. The lowest BCUT2D eigenvalue weighted by atomic mass is 9.88. The summed E-state index contributed by atoms with van der Waals surface area (Å²) < 4.78 is 2.41. The number of para-hydroxylation sites is 2. The van der Waals surface area contributed by atoms with Gasteiger partial charge in [0.1, 0.15) is 11.6 Å². The van der Waals surface area contributed by atoms with Crippen LogP contribution in [-0.2, 0) is 6.42 Å². The minimum Gasteiger partial charge on any atom is -0.507 e. The lowest BCUT2D eigenvalue weighted by Crippen LogP contribution is -2.08. The number of imidazole rings is 1. The number of rotatable bonds is 8. The Bertz CT molecular complexity index is 2450. The Labute approximate surface area is 314 Å². The molecule has 8 rings (SSSR count). The van der Waals surface area contributed by atoms with Crippen LogP contribution in [0.4, 0.5) is 0 Å². The van der Waals surface area contributed by atoms with Crippen LogP contribution in [-0.4, -0.2) is 19.6 Å². The molecule has 0 fully saturated rings. The summed E-state index contributed by atoms with van der Waals surface area (Å²) in [5.41, 5.74) is 17.5. The van der Waals surface area contributed by atoms with E-state index in [0.29, 0.717) is 23.7 Å². The lowest BCUT2D eigenvalue weighted by molar-refractivity contribution is 0.477. The van der Waals surface area contributed by atoms with Crippen LogP contribution in [0.3, 0.4) is 0 Å². The number of hydrogen-bond donors (Lipinski definition) is 1. The Morgan fingerprint density at radius 2 is 1.19 bits per heavy atom. The summed E-state index contributed by atoms with van der Waals surface area (Å²) in [4.78, 5) is 11.2. The number of pyridine rings is 1. The van der Waals surface area contributed by atoms with Gasteiger partial charge in [-0.15, -0.1) is 0 Å². The summed E-state index contributed by atoms with van der Waals surface area (Å²) in [5.74, 6) is 2.57. The van der Waals surface area contributed by atoms with Gasteiger partial charge in [-0.3, -0.25) is 4.57 Å². The number of phenolic OH excluding ortho intramolecular Hbond substituents is 1. The van der Waals surface area contributed by atoms with Gasteiger partial charge in [0.2, 0.25) is 0 Å². The van der Waals surface area contributed by atoms with Crippen molar-refractivity contribution in [1.82, 2.24) is 14.5 Å². The van der Waals surface area contributed by atoms with Gasteiger partial charge in [0, 0.05) is 28.7 Å². The summed E-state index contributed by atoms with van der Waals surface area (Å²) in [6.45, 7) is 18.2. The third kappa shape index (κ3) is 5.95. The van der Waals surface area contributed by atoms with Crippen molar-refractivity contribution < 1.29 is 5.11 Å². The van der Waals surface area contributed by atoms with Crippen molar-refractivity contribution in [2.75, 3.05) is 0 Å². The maximum atomic E-state index is 11.2. The maximum absolute atomic E-state index is 11.2. The SMILES string of the molecule is CC(C)c1cc(-c2cc3c(nc2-c2cccc4c2nc(-c2ccccc2)n4-c2c(C(C)C)cccc2C(C)C)-c2c(O)cccc2C3)cc(C(C)C)c1. The molecule has 1 N–H and O–H groups in total. The van der Waals surface area contributed by atoms with Crippen molar-refractivity contribution in [3.63, 3.8) is 0 Å². The molecule has 0 saturated carbocycles. The molecule has 53 heavy (non-hydrogen) atoms. The number of benzene rings is 5. The fourth-order valence-electron chi connectivity index (χ4n) is 8.11.